The van der Waals surface area contributed by atoms with Crippen LogP contribution in [0, 0.1) is 0 Å². The molecule has 0 atom stereocenters. The maximum absolute atomic E-state index is 12.5. The highest BCUT2D eigenvalue weighted by Crippen LogP contribution is 2.37. The molecule has 6 heteroatoms. The summed E-state index contributed by atoms with van der Waals surface area (Å²) in [5.74, 6) is -0.746. The van der Waals surface area contributed by atoms with Gasteiger partial charge < -0.3 is 0 Å². The predicted octanol–water partition coefficient (Wildman–Crippen LogP) is 4.21. The second kappa shape index (κ2) is 4.02. The normalized spacial score (nSPS) is 11.6. The number of ketones is 1. The Kier molecular flexibility index (Phi) is 3.31. The van der Waals surface area contributed by atoms with Gasteiger partial charge in [-0.3, -0.25) is 4.79 Å². The summed E-state index contributed by atoms with van der Waals surface area (Å²) < 4.78 is 37.5. The van der Waals surface area contributed by atoms with Gasteiger partial charge in [-0.25, -0.2) is 0 Å². The fourth-order valence-corrected chi connectivity index (χ4v) is 1.78. The van der Waals surface area contributed by atoms with Gasteiger partial charge >= 0.3 is 6.18 Å². The molecule has 0 amide bonds. The third-order valence-corrected chi connectivity index (χ3v) is 2.23. The van der Waals surface area contributed by atoms with E-state index >= 15 is 0 Å². The quantitative estimate of drug-likeness (QED) is 0.688. The molecule has 0 aliphatic heterocycles. The van der Waals surface area contributed by atoms with Crippen molar-refractivity contribution in [2.75, 3.05) is 0 Å². The van der Waals surface area contributed by atoms with Crippen molar-refractivity contribution in [1.82, 2.24) is 0 Å². The van der Waals surface area contributed by atoms with Crippen molar-refractivity contribution in [3.8, 4) is 0 Å². The Morgan fingerprint density at radius 1 is 1.27 bits per heavy atom. The fraction of sp³-hybridized carbons (Fsp3) is 0.222. The lowest BCUT2D eigenvalue weighted by Crippen LogP contribution is -2.12. The highest BCUT2D eigenvalue weighted by Gasteiger charge is 2.36. The van der Waals surface area contributed by atoms with E-state index in [2.05, 4.69) is 0 Å². The van der Waals surface area contributed by atoms with Crippen molar-refractivity contribution in [3.63, 3.8) is 0 Å². The highest BCUT2D eigenvalue weighted by atomic mass is 35.5. The standard InChI is InChI=1S/C9H5Cl2F3O/c1-4(15)8-6(9(12,13)14)2-5(10)3-7(8)11/h2-3H,1H3. The minimum absolute atomic E-state index is 0.155. The summed E-state index contributed by atoms with van der Waals surface area (Å²) in [4.78, 5) is 11.0. The fourth-order valence-electron chi connectivity index (χ4n) is 1.15. The molecular formula is C9H5Cl2F3O. The van der Waals surface area contributed by atoms with Crippen molar-refractivity contribution in [3.05, 3.63) is 33.3 Å². The molecule has 0 saturated heterocycles. The van der Waals surface area contributed by atoms with Gasteiger partial charge in [0.05, 0.1) is 10.6 Å². The molecule has 1 aromatic rings. The van der Waals surface area contributed by atoms with Crippen LogP contribution in [0.5, 0.6) is 0 Å². The van der Waals surface area contributed by atoms with Gasteiger partial charge in [-0.05, 0) is 19.1 Å². The monoisotopic (exact) mass is 256 g/mol. The van der Waals surface area contributed by atoms with Crippen LogP contribution in [-0.4, -0.2) is 5.78 Å². The van der Waals surface area contributed by atoms with Crippen LogP contribution in [0.15, 0.2) is 12.1 Å². The van der Waals surface area contributed by atoms with Crippen LogP contribution < -0.4 is 0 Å². The zero-order valence-corrected chi connectivity index (χ0v) is 8.96. The van der Waals surface area contributed by atoms with Crippen molar-refractivity contribution in [2.24, 2.45) is 0 Å². The number of halogens is 5. The maximum atomic E-state index is 12.5. The van der Waals surface area contributed by atoms with Gasteiger partial charge in [0.1, 0.15) is 0 Å². The van der Waals surface area contributed by atoms with E-state index in [0.717, 1.165) is 13.0 Å². The molecule has 0 radical (unpaired) electrons. The van der Waals surface area contributed by atoms with E-state index in [1.165, 1.54) is 0 Å². The Morgan fingerprint density at radius 2 is 1.80 bits per heavy atom. The van der Waals surface area contributed by atoms with Crippen molar-refractivity contribution in [2.45, 2.75) is 13.1 Å². The maximum Gasteiger partial charge on any atom is 0.417 e. The zero-order chi connectivity index (χ0) is 11.8. The number of benzene rings is 1. The van der Waals surface area contributed by atoms with Gasteiger partial charge in [-0.1, -0.05) is 23.2 Å². The zero-order valence-electron chi connectivity index (χ0n) is 7.45. The van der Waals surface area contributed by atoms with E-state index in [-0.39, 0.29) is 10.0 Å². The summed E-state index contributed by atoms with van der Waals surface area (Å²) in [6.07, 6.45) is -4.64. The van der Waals surface area contributed by atoms with Crippen LogP contribution in [0.2, 0.25) is 10.0 Å². The number of carbonyl (C=O) groups excluding carboxylic acids is 1. The molecule has 0 N–H and O–H groups in total. The van der Waals surface area contributed by atoms with E-state index in [9.17, 15) is 18.0 Å². The molecule has 0 unspecified atom stereocenters. The Morgan fingerprint density at radius 3 is 2.20 bits per heavy atom. The lowest BCUT2D eigenvalue weighted by Gasteiger charge is -2.12. The molecular weight excluding hydrogens is 252 g/mol. The first-order valence-electron chi connectivity index (χ1n) is 3.80. The van der Waals surface area contributed by atoms with Crippen LogP contribution in [0.3, 0.4) is 0 Å². The summed E-state index contributed by atoms with van der Waals surface area (Å²) >= 11 is 11.0. The molecule has 0 aliphatic carbocycles. The lowest BCUT2D eigenvalue weighted by atomic mass is 10.0. The van der Waals surface area contributed by atoms with Gasteiger partial charge in [0.15, 0.2) is 5.78 Å². The summed E-state index contributed by atoms with van der Waals surface area (Å²) in [6.45, 7) is 1.02. The van der Waals surface area contributed by atoms with E-state index < -0.39 is 23.1 Å². The van der Waals surface area contributed by atoms with E-state index in [4.69, 9.17) is 23.2 Å². The van der Waals surface area contributed by atoms with Crippen LogP contribution in [-0.2, 0) is 6.18 Å². The van der Waals surface area contributed by atoms with Crippen LogP contribution in [0.1, 0.15) is 22.8 Å². The SMILES string of the molecule is CC(=O)c1c(Cl)cc(Cl)cc1C(F)(F)F. The Balaban J connectivity index is 3.54. The first kappa shape index (κ1) is 12.3. The Labute approximate surface area is 93.8 Å². The van der Waals surface area contributed by atoms with Crippen molar-refractivity contribution >= 4 is 29.0 Å². The average Bonchev–Trinajstić information content (AvgIpc) is 1.99. The largest absolute Gasteiger partial charge is 0.417 e. The van der Waals surface area contributed by atoms with Crippen molar-refractivity contribution < 1.29 is 18.0 Å². The summed E-state index contributed by atoms with van der Waals surface area (Å²) in [6, 6.07) is 1.79. The van der Waals surface area contributed by atoms with Gasteiger partial charge in [0, 0.05) is 10.6 Å². The third kappa shape index (κ3) is 2.63. The predicted molar refractivity (Wildman–Crippen MR) is 51.5 cm³/mol. The van der Waals surface area contributed by atoms with E-state index in [1.807, 2.05) is 0 Å². The first-order valence-corrected chi connectivity index (χ1v) is 4.56. The van der Waals surface area contributed by atoms with E-state index in [1.54, 1.807) is 0 Å². The summed E-state index contributed by atoms with van der Waals surface area (Å²) in [7, 11) is 0. The minimum Gasteiger partial charge on any atom is -0.294 e. The van der Waals surface area contributed by atoms with Crippen LogP contribution >= 0.6 is 23.2 Å². The average molecular weight is 257 g/mol. The molecule has 0 aliphatic rings. The number of hydrogen-bond acceptors (Lipinski definition) is 1. The molecule has 0 spiro atoms. The van der Waals surface area contributed by atoms with Gasteiger partial charge in [0.25, 0.3) is 0 Å². The molecule has 0 saturated carbocycles. The number of Topliss-reactive ketones (excluding diaryl/α,β-unsaturated/α-hetero) is 1. The summed E-state index contributed by atoms with van der Waals surface area (Å²) in [5.41, 5.74) is -1.65. The number of alkyl halides is 3. The smallest absolute Gasteiger partial charge is 0.294 e. The summed E-state index contributed by atoms with van der Waals surface area (Å²) in [5, 5.41) is -0.445. The molecule has 1 rings (SSSR count). The third-order valence-electron chi connectivity index (χ3n) is 1.71. The molecule has 0 heterocycles. The molecule has 0 bridgehead atoms. The minimum atomic E-state index is -4.64. The molecule has 15 heavy (non-hydrogen) atoms. The lowest BCUT2D eigenvalue weighted by molar-refractivity contribution is -0.137. The van der Waals surface area contributed by atoms with Crippen LogP contribution in [0.25, 0.3) is 0 Å². The first-order chi connectivity index (χ1) is 6.73. The molecule has 0 aromatic heterocycles. The molecule has 0 fully saturated rings. The molecule has 82 valence electrons. The number of rotatable bonds is 1. The molecule has 1 nitrogen and oxygen atoms in total. The second-order valence-corrected chi connectivity index (χ2v) is 3.71. The van der Waals surface area contributed by atoms with Gasteiger partial charge in [0.2, 0.25) is 0 Å². The Hall–Kier alpha value is -0.740. The number of carbonyl (C=O) groups is 1. The van der Waals surface area contributed by atoms with E-state index in [0.29, 0.717) is 6.07 Å². The number of hydrogen-bond donors (Lipinski definition) is 0. The topological polar surface area (TPSA) is 17.1 Å². The van der Waals surface area contributed by atoms with Gasteiger partial charge in [-0.2, -0.15) is 13.2 Å². The van der Waals surface area contributed by atoms with Gasteiger partial charge in [-0.15, -0.1) is 0 Å². The highest BCUT2D eigenvalue weighted by molar-refractivity contribution is 6.37. The van der Waals surface area contributed by atoms with Crippen LogP contribution in [0.4, 0.5) is 13.2 Å². The second-order valence-electron chi connectivity index (χ2n) is 2.86. The Bertz CT molecular complexity index is 413. The van der Waals surface area contributed by atoms with Crippen molar-refractivity contribution in [1.29, 1.82) is 0 Å². The molecule has 1 aromatic carbocycles.